The molecular formula is C21H28O5. The highest BCUT2D eigenvalue weighted by molar-refractivity contribution is 5.67. The molecule has 1 N–H and O–H groups in total. The number of carboxylic acid groups (broad SMARTS) is 1. The lowest BCUT2D eigenvalue weighted by Crippen LogP contribution is -2.49. The summed E-state index contributed by atoms with van der Waals surface area (Å²) in [5.74, 6) is -0.0632. The van der Waals surface area contributed by atoms with Crippen molar-refractivity contribution in [3.63, 3.8) is 0 Å². The highest BCUT2D eigenvalue weighted by Gasteiger charge is 2.50. The lowest BCUT2D eigenvalue weighted by molar-refractivity contribution is -0.194. The Morgan fingerprint density at radius 2 is 2.04 bits per heavy atom. The van der Waals surface area contributed by atoms with Crippen molar-refractivity contribution in [1.82, 2.24) is 0 Å². The molecule has 4 rings (SSSR count). The molecule has 1 aromatic carbocycles. The minimum Gasteiger partial charge on any atom is -0.489 e. The van der Waals surface area contributed by atoms with Crippen LogP contribution < -0.4 is 4.74 Å². The van der Waals surface area contributed by atoms with E-state index >= 15 is 0 Å². The van der Waals surface area contributed by atoms with Gasteiger partial charge in [-0.1, -0.05) is 18.7 Å². The maximum atomic E-state index is 10.6. The quantitative estimate of drug-likeness (QED) is 0.534. The van der Waals surface area contributed by atoms with Crippen molar-refractivity contribution < 1.29 is 24.1 Å². The van der Waals surface area contributed by atoms with Crippen molar-refractivity contribution in [3.05, 3.63) is 42.0 Å². The van der Waals surface area contributed by atoms with Crippen molar-refractivity contribution in [3.8, 4) is 5.75 Å². The van der Waals surface area contributed by atoms with E-state index in [4.69, 9.17) is 19.3 Å². The minimum absolute atomic E-state index is 0.133. The van der Waals surface area contributed by atoms with E-state index in [1.165, 1.54) is 5.56 Å². The van der Waals surface area contributed by atoms with Crippen LogP contribution in [-0.4, -0.2) is 37.5 Å². The molecule has 0 atom stereocenters. The fourth-order valence-electron chi connectivity index (χ4n) is 3.98. The van der Waals surface area contributed by atoms with Crippen LogP contribution in [0.25, 0.3) is 0 Å². The molecule has 0 amide bonds. The molecule has 2 aliphatic heterocycles. The van der Waals surface area contributed by atoms with Gasteiger partial charge in [-0.3, -0.25) is 0 Å². The van der Waals surface area contributed by atoms with Crippen LogP contribution in [0.3, 0.4) is 0 Å². The van der Waals surface area contributed by atoms with Crippen LogP contribution in [0, 0.1) is 5.41 Å². The van der Waals surface area contributed by atoms with Gasteiger partial charge in [0.15, 0.2) is 0 Å². The molecule has 2 saturated heterocycles. The van der Waals surface area contributed by atoms with Crippen molar-refractivity contribution in [2.24, 2.45) is 5.41 Å². The van der Waals surface area contributed by atoms with Gasteiger partial charge in [0.2, 0.25) is 0 Å². The van der Waals surface area contributed by atoms with Crippen LogP contribution in [0.15, 0.2) is 36.4 Å². The van der Waals surface area contributed by atoms with Gasteiger partial charge in [-0.25, -0.2) is 4.79 Å². The molecule has 5 nitrogen and oxygen atoms in total. The smallest absolute Gasteiger partial charge is 0.329 e. The summed E-state index contributed by atoms with van der Waals surface area (Å²) in [6.07, 6.45) is 4.99. The van der Waals surface area contributed by atoms with Crippen LogP contribution in [0.1, 0.15) is 44.6 Å². The van der Waals surface area contributed by atoms with E-state index in [-0.39, 0.29) is 17.6 Å². The standard InChI is InChI=1S/C21H28O5/c1-16(2)13-25-18-5-3-4-17(12-18)21-8-6-20(7-9-21,15-26-21)10-11-24-14-19(22)23/h3-5,12H,1,6-11,13-15H2,2H3,(H,22,23). The number of hydrogen-bond donors (Lipinski definition) is 1. The van der Waals surface area contributed by atoms with Gasteiger partial charge in [-0.15, -0.1) is 0 Å². The predicted molar refractivity (Wildman–Crippen MR) is 98.4 cm³/mol. The third-order valence-electron chi connectivity index (χ3n) is 5.62. The third kappa shape index (κ3) is 4.27. The number of carbonyl (C=O) groups is 1. The summed E-state index contributed by atoms with van der Waals surface area (Å²) in [5, 5.41) is 8.67. The Balaban J connectivity index is 1.60. The molecule has 3 fully saturated rings. The van der Waals surface area contributed by atoms with Crippen molar-refractivity contribution in [2.45, 2.75) is 44.6 Å². The summed E-state index contributed by atoms with van der Waals surface area (Å²) in [7, 11) is 0. The molecule has 2 bridgehead atoms. The maximum Gasteiger partial charge on any atom is 0.329 e. The first kappa shape index (κ1) is 18.9. The van der Waals surface area contributed by atoms with E-state index in [0.717, 1.165) is 43.4 Å². The largest absolute Gasteiger partial charge is 0.489 e. The second-order valence-corrected chi connectivity index (χ2v) is 7.75. The predicted octanol–water partition coefficient (Wildman–Crippen LogP) is 3.92. The number of rotatable bonds is 9. The van der Waals surface area contributed by atoms with Crippen LogP contribution in [0.2, 0.25) is 0 Å². The van der Waals surface area contributed by atoms with E-state index < -0.39 is 5.97 Å². The second kappa shape index (κ2) is 7.80. The van der Waals surface area contributed by atoms with E-state index in [9.17, 15) is 4.79 Å². The van der Waals surface area contributed by atoms with Crippen molar-refractivity contribution in [1.29, 1.82) is 0 Å². The summed E-state index contributed by atoms with van der Waals surface area (Å²) in [6, 6.07) is 8.22. The highest BCUT2D eigenvalue weighted by Crippen LogP contribution is 2.55. The number of aliphatic carboxylic acids is 1. The fourth-order valence-corrected chi connectivity index (χ4v) is 3.98. The number of ether oxygens (including phenoxy) is 3. The Morgan fingerprint density at radius 1 is 1.27 bits per heavy atom. The summed E-state index contributed by atoms with van der Waals surface area (Å²) < 4.78 is 17.4. The molecule has 0 aromatic heterocycles. The zero-order chi connectivity index (χ0) is 18.6. The number of carboxylic acids is 1. The van der Waals surface area contributed by atoms with Gasteiger partial charge in [0, 0.05) is 6.61 Å². The Morgan fingerprint density at radius 3 is 2.65 bits per heavy atom. The zero-order valence-electron chi connectivity index (χ0n) is 15.5. The minimum atomic E-state index is -0.918. The van der Waals surface area contributed by atoms with Gasteiger partial charge >= 0.3 is 5.97 Å². The molecule has 0 spiro atoms. The average molecular weight is 360 g/mol. The first-order valence-corrected chi connectivity index (χ1v) is 9.24. The summed E-state index contributed by atoms with van der Waals surface area (Å²) in [4.78, 5) is 10.6. The van der Waals surface area contributed by atoms with Gasteiger partial charge in [0.1, 0.15) is 19.0 Å². The van der Waals surface area contributed by atoms with Crippen LogP contribution in [0.4, 0.5) is 0 Å². The molecule has 2 heterocycles. The van der Waals surface area contributed by atoms with E-state index in [1.807, 2.05) is 19.1 Å². The number of fused-ring (bicyclic) bond motifs is 3. The monoisotopic (exact) mass is 360 g/mol. The number of hydrogen-bond acceptors (Lipinski definition) is 4. The van der Waals surface area contributed by atoms with E-state index in [2.05, 4.69) is 18.7 Å². The van der Waals surface area contributed by atoms with E-state index in [0.29, 0.717) is 19.8 Å². The molecule has 26 heavy (non-hydrogen) atoms. The summed E-state index contributed by atoms with van der Waals surface area (Å²) >= 11 is 0. The first-order valence-electron chi connectivity index (χ1n) is 9.24. The molecule has 142 valence electrons. The molecule has 0 unspecified atom stereocenters. The van der Waals surface area contributed by atoms with Gasteiger partial charge in [-0.05, 0) is 67.7 Å². The average Bonchev–Trinajstić information content (AvgIpc) is 2.65. The lowest BCUT2D eigenvalue weighted by Gasteiger charge is -2.53. The Bertz CT molecular complexity index is 642. The molecule has 3 aliphatic rings. The second-order valence-electron chi connectivity index (χ2n) is 7.75. The lowest BCUT2D eigenvalue weighted by atomic mass is 9.63. The Labute approximate surface area is 155 Å². The Kier molecular flexibility index (Phi) is 5.68. The van der Waals surface area contributed by atoms with Crippen LogP contribution in [0.5, 0.6) is 5.75 Å². The normalized spacial score (nSPS) is 27.3. The Hall–Kier alpha value is -1.85. The molecule has 0 radical (unpaired) electrons. The summed E-state index contributed by atoms with van der Waals surface area (Å²) in [5.41, 5.74) is 2.10. The zero-order valence-corrected chi connectivity index (χ0v) is 15.5. The fraction of sp³-hybridized carbons (Fsp3) is 0.571. The van der Waals surface area contributed by atoms with Gasteiger partial charge < -0.3 is 19.3 Å². The van der Waals surface area contributed by atoms with Crippen molar-refractivity contribution >= 4 is 5.97 Å². The van der Waals surface area contributed by atoms with Crippen molar-refractivity contribution in [2.75, 3.05) is 26.4 Å². The van der Waals surface area contributed by atoms with Gasteiger partial charge in [-0.2, -0.15) is 0 Å². The molecule has 1 saturated carbocycles. The van der Waals surface area contributed by atoms with Crippen LogP contribution >= 0.6 is 0 Å². The van der Waals surface area contributed by atoms with Gasteiger partial charge in [0.05, 0.1) is 12.2 Å². The third-order valence-corrected chi connectivity index (χ3v) is 5.62. The molecule has 1 aromatic rings. The van der Waals surface area contributed by atoms with Crippen LogP contribution in [-0.2, 0) is 19.9 Å². The highest BCUT2D eigenvalue weighted by atomic mass is 16.5. The van der Waals surface area contributed by atoms with E-state index in [1.54, 1.807) is 0 Å². The first-order chi connectivity index (χ1) is 12.4. The number of benzene rings is 1. The molecule has 5 heteroatoms. The topological polar surface area (TPSA) is 65.0 Å². The summed E-state index contributed by atoms with van der Waals surface area (Å²) in [6.45, 7) is 7.31. The molecular weight excluding hydrogens is 332 g/mol. The van der Waals surface area contributed by atoms with Gasteiger partial charge in [0.25, 0.3) is 0 Å². The maximum absolute atomic E-state index is 10.6. The SMILES string of the molecule is C=C(C)COc1cccc(C23CCC(CCOCC(=O)O)(CC2)CO3)c1. The molecule has 1 aliphatic carbocycles.